The van der Waals surface area contributed by atoms with E-state index < -0.39 is 0 Å². The second-order valence-corrected chi connectivity index (χ2v) is 5.93. The van der Waals surface area contributed by atoms with Gasteiger partial charge in [-0.05, 0) is 36.6 Å². The van der Waals surface area contributed by atoms with Gasteiger partial charge in [0.2, 0.25) is 0 Å². The largest absolute Gasteiger partial charge is 0.321 e. The fraction of sp³-hybridized carbons (Fsp3) is 0.455. The van der Waals surface area contributed by atoms with E-state index in [1.54, 1.807) is 0 Å². The van der Waals surface area contributed by atoms with Crippen LogP contribution in [0.3, 0.4) is 0 Å². The van der Waals surface area contributed by atoms with E-state index in [9.17, 15) is 0 Å². The van der Waals surface area contributed by atoms with E-state index in [0.717, 1.165) is 14.5 Å². The van der Waals surface area contributed by atoms with Gasteiger partial charge < -0.3 is 5.73 Å². The lowest BCUT2D eigenvalue weighted by Crippen LogP contribution is -2.38. The summed E-state index contributed by atoms with van der Waals surface area (Å²) in [7, 11) is 0. The Morgan fingerprint density at radius 3 is 1.93 bits per heavy atom. The number of benzene rings is 1. The minimum Gasteiger partial charge on any atom is -0.321 e. The summed E-state index contributed by atoms with van der Waals surface area (Å²) in [4.78, 5) is 0. The topological polar surface area (TPSA) is 26.0 Å². The van der Waals surface area contributed by atoms with Crippen LogP contribution in [0.5, 0.6) is 0 Å². The summed E-state index contributed by atoms with van der Waals surface area (Å²) >= 11 is 6.94. The Kier molecular flexibility index (Phi) is 3.78. The van der Waals surface area contributed by atoms with E-state index in [1.807, 2.05) is 6.07 Å². The number of rotatable bonds is 2. The maximum Gasteiger partial charge on any atom is 0.0405 e. The summed E-state index contributed by atoms with van der Waals surface area (Å²) in [5.74, 6) is 0.406. The smallest absolute Gasteiger partial charge is 0.0405 e. The first-order chi connectivity index (χ1) is 6.34. The molecule has 0 amide bonds. The highest BCUT2D eigenvalue weighted by Gasteiger charge is 2.25. The predicted octanol–water partition coefficient (Wildman–Crippen LogP) is 4.04. The zero-order chi connectivity index (χ0) is 10.9. The van der Waals surface area contributed by atoms with Crippen molar-refractivity contribution in [3.8, 4) is 0 Å². The standard InChI is InChI=1S/C11H15Br2N/c1-7(2)11(3,14)8-4-9(12)6-10(13)5-8/h4-7H,14H2,1-3H3/t11-/m0/s1. The molecule has 0 radical (unpaired) electrons. The lowest BCUT2D eigenvalue weighted by molar-refractivity contribution is 0.350. The van der Waals surface area contributed by atoms with Crippen molar-refractivity contribution in [2.75, 3.05) is 0 Å². The maximum absolute atomic E-state index is 6.28. The van der Waals surface area contributed by atoms with Gasteiger partial charge in [0.25, 0.3) is 0 Å². The van der Waals surface area contributed by atoms with Gasteiger partial charge >= 0.3 is 0 Å². The molecule has 1 aromatic rings. The summed E-state index contributed by atoms with van der Waals surface area (Å²) in [5.41, 5.74) is 7.14. The second kappa shape index (κ2) is 4.33. The van der Waals surface area contributed by atoms with Crippen LogP contribution in [0.1, 0.15) is 26.3 Å². The van der Waals surface area contributed by atoms with Crippen molar-refractivity contribution in [3.05, 3.63) is 32.7 Å². The molecular formula is C11H15Br2N. The van der Waals surface area contributed by atoms with Gasteiger partial charge in [-0.1, -0.05) is 45.7 Å². The van der Waals surface area contributed by atoms with Gasteiger partial charge in [0.15, 0.2) is 0 Å². The molecule has 14 heavy (non-hydrogen) atoms. The molecule has 1 atom stereocenters. The molecule has 0 unspecified atom stereocenters. The SMILES string of the molecule is CC(C)[C@](C)(N)c1cc(Br)cc(Br)c1. The molecule has 3 heteroatoms. The van der Waals surface area contributed by atoms with Crippen LogP contribution >= 0.6 is 31.9 Å². The number of hydrogen-bond acceptors (Lipinski definition) is 1. The van der Waals surface area contributed by atoms with Crippen molar-refractivity contribution in [1.29, 1.82) is 0 Å². The van der Waals surface area contributed by atoms with Crippen LogP contribution in [-0.4, -0.2) is 0 Å². The zero-order valence-electron chi connectivity index (χ0n) is 8.64. The van der Waals surface area contributed by atoms with E-state index >= 15 is 0 Å². The molecule has 0 saturated carbocycles. The highest BCUT2D eigenvalue weighted by molar-refractivity contribution is 9.11. The first kappa shape index (κ1) is 12.2. The molecule has 1 nitrogen and oxygen atoms in total. The molecular weight excluding hydrogens is 306 g/mol. The quantitative estimate of drug-likeness (QED) is 0.874. The van der Waals surface area contributed by atoms with Crippen LogP contribution in [0.25, 0.3) is 0 Å². The molecule has 0 heterocycles. The fourth-order valence-electron chi connectivity index (χ4n) is 1.20. The summed E-state index contributed by atoms with van der Waals surface area (Å²) in [6, 6.07) is 6.16. The molecule has 2 N–H and O–H groups in total. The van der Waals surface area contributed by atoms with Crippen LogP contribution in [0.2, 0.25) is 0 Å². The molecule has 1 rings (SSSR count). The molecule has 0 aliphatic carbocycles. The monoisotopic (exact) mass is 319 g/mol. The van der Waals surface area contributed by atoms with Crippen LogP contribution < -0.4 is 5.73 Å². The number of nitrogens with two attached hydrogens (primary N) is 1. The van der Waals surface area contributed by atoms with Gasteiger partial charge in [-0.15, -0.1) is 0 Å². The van der Waals surface area contributed by atoms with E-state index in [-0.39, 0.29) is 5.54 Å². The Hall–Kier alpha value is 0.140. The minimum absolute atomic E-state index is 0.285. The average Bonchev–Trinajstić information content (AvgIpc) is 2.01. The number of halogens is 2. The van der Waals surface area contributed by atoms with Gasteiger partial charge in [-0.2, -0.15) is 0 Å². The average molecular weight is 321 g/mol. The van der Waals surface area contributed by atoms with E-state index in [4.69, 9.17) is 5.73 Å². The highest BCUT2D eigenvalue weighted by Crippen LogP contribution is 2.30. The highest BCUT2D eigenvalue weighted by atomic mass is 79.9. The molecule has 0 fully saturated rings. The van der Waals surface area contributed by atoms with Gasteiger partial charge in [-0.25, -0.2) is 0 Å². The lowest BCUT2D eigenvalue weighted by atomic mass is 9.83. The molecule has 78 valence electrons. The molecule has 0 aliphatic rings. The minimum atomic E-state index is -0.285. The molecule has 0 saturated heterocycles. The fourth-order valence-corrected chi connectivity index (χ4v) is 2.49. The van der Waals surface area contributed by atoms with Crippen LogP contribution in [0.4, 0.5) is 0 Å². The molecule has 0 spiro atoms. The second-order valence-electron chi connectivity index (χ2n) is 4.10. The first-order valence-corrected chi connectivity index (χ1v) is 6.18. The number of hydrogen-bond donors (Lipinski definition) is 1. The third-order valence-electron chi connectivity index (χ3n) is 2.68. The molecule has 0 bridgehead atoms. The molecule has 0 aromatic heterocycles. The van der Waals surface area contributed by atoms with E-state index in [1.165, 1.54) is 0 Å². The van der Waals surface area contributed by atoms with Crippen molar-refractivity contribution < 1.29 is 0 Å². The van der Waals surface area contributed by atoms with E-state index in [0.29, 0.717) is 5.92 Å². The van der Waals surface area contributed by atoms with Crippen molar-refractivity contribution in [1.82, 2.24) is 0 Å². The van der Waals surface area contributed by atoms with Crippen LogP contribution in [0, 0.1) is 5.92 Å². The van der Waals surface area contributed by atoms with Crippen LogP contribution in [-0.2, 0) is 5.54 Å². The Morgan fingerprint density at radius 1 is 1.14 bits per heavy atom. The Morgan fingerprint density at radius 2 is 1.57 bits per heavy atom. The molecule has 0 aliphatic heterocycles. The maximum atomic E-state index is 6.28. The van der Waals surface area contributed by atoms with Crippen molar-refractivity contribution in [2.45, 2.75) is 26.3 Å². The van der Waals surface area contributed by atoms with Crippen LogP contribution in [0.15, 0.2) is 27.1 Å². The summed E-state index contributed by atoms with van der Waals surface area (Å²) in [6.45, 7) is 6.33. The van der Waals surface area contributed by atoms with Crippen molar-refractivity contribution in [2.24, 2.45) is 11.7 Å². The Balaban J connectivity index is 3.18. The normalized spacial score (nSPS) is 15.6. The summed E-state index contributed by atoms with van der Waals surface area (Å²) < 4.78 is 2.11. The Labute approximate surface area is 102 Å². The van der Waals surface area contributed by atoms with Gasteiger partial charge in [0.05, 0.1) is 0 Å². The van der Waals surface area contributed by atoms with Gasteiger partial charge in [0.1, 0.15) is 0 Å². The third-order valence-corrected chi connectivity index (χ3v) is 3.60. The zero-order valence-corrected chi connectivity index (χ0v) is 11.8. The third kappa shape index (κ3) is 2.59. The summed E-state index contributed by atoms with van der Waals surface area (Å²) in [5, 5.41) is 0. The van der Waals surface area contributed by atoms with Gasteiger partial charge in [-0.3, -0.25) is 0 Å². The van der Waals surface area contributed by atoms with Gasteiger partial charge in [0, 0.05) is 14.5 Å². The van der Waals surface area contributed by atoms with Crippen molar-refractivity contribution >= 4 is 31.9 Å². The molecule has 1 aromatic carbocycles. The van der Waals surface area contributed by atoms with Crippen molar-refractivity contribution in [3.63, 3.8) is 0 Å². The lowest BCUT2D eigenvalue weighted by Gasteiger charge is -2.30. The van der Waals surface area contributed by atoms with E-state index in [2.05, 4.69) is 64.8 Å². The predicted molar refractivity (Wildman–Crippen MR) is 68.2 cm³/mol. The summed E-state index contributed by atoms with van der Waals surface area (Å²) in [6.07, 6.45) is 0. The Bertz CT molecular complexity index is 312. The first-order valence-electron chi connectivity index (χ1n) is 4.59.